The number of rotatable bonds is 6. The Hall–Kier alpha value is -1.09. The predicted molar refractivity (Wildman–Crippen MR) is 73.7 cm³/mol. The normalized spacial score (nSPS) is 15.7. The second kappa shape index (κ2) is 5.70. The van der Waals surface area contributed by atoms with Crippen LogP contribution in [0.25, 0.3) is 0 Å². The van der Waals surface area contributed by atoms with Gasteiger partial charge in [0.25, 0.3) is 0 Å². The van der Waals surface area contributed by atoms with Crippen molar-refractivity contribution in [2.45, 2.75) is 52.6 Å². The van der Waals surface area contributed by atoms with Crippen LogP contribution in [-0.4, -0.2) is 17.6 Å². The van der Waals surface area contributed by atoms with E-state index in [4.69, 9.17) is 4.74 Å². The minimum atomic E-state index is 0.321. The minimum Gasteiger partial charge on any atom is -0.492 e. The fourth-order valence-electron chi connectivity index (χ4n) is 1.61. The number of pyridine rings is 1. The lowest BCUT2D eigenvalue weighted by molar-refractivity contribution is 0.242. The maximum absolute atomic E-state index is 5.69. The van der Waals surface area contributed by atoms with Crippen LogP contribution >= 0.6 is 0 Å². The summed E-state index contributed by atoms with van der Waals surface area (Å²) in [5.41, 5.74) is 1.41. The van der Waals surface area contributed by atoms with E-state index in [0.717, 1.165) is 37.1 Å². The van der Waals surface area contributed by atoms with Gasteiger partial charge >= 0.3 is 0 Å². The van der Waals surface area contributed by atoms with Gasteiger partial charge in [0.1, 0.15) is 5.75 Å². The number of nitrogens with zero attached hydrogens (tertiary/aromatic N) is 1. The fourth-order valence-corrected chi connectivity index (χ4v) is 1.61. The van der Waals surface area contributed by atoms with Gasteiger partial charge in [-0.15, -0.1) is 0 Å². The van der Waals surface area contributed by atoms with Crippen LogP contribution in [0.5, 0.6) is 5.75 Å². The van der Waals surface area contributed by atoms with E-state index in [1.807, 2.05) is 18.3 Å². The zero-order valence-electron chi connectivity index (χ0n) is 11.7. The highest BCUT2D eigenvalue weighted by molar-refractivity contribution is 5.19. The van der Waals surface area contributed by atoms with Crippen molar-refractivity contribution in [1.82, 2.24) is 10.3 Å². The summed E-state index contributed by atoms with van der Waals surface area (Å²) < 4.78 is 5.69. The van der Waals surface area contributed by atoms with Gasteiger partial charge in [-0.1, -0.05) is 20.8 Å². The number of hydrogen-bond donors (Lipinski definition) is 1. The highest BCUT2D eigenvalue weighted by Gasteiger charge is 2.20. The molecule has 1 aliphatic carbocycles. The Morgan fingerprint density at radius 3 is 2.67 bits per heavy atom. The Bertz CT molecular complexity index is 363. The smallest absolute Gasteiger partial charge is 0.137 e. The Kier molecular flexibility index (Phi) is 4.23. The third kappa shape index (κ3) is 5.05. The predicted octanol–water partition coefficient (Wildman–Crippen LogP) is 3.15. The van der Waals surface area contributed by atoms with E-state index in [2.05, 4.69) is 31.1 Å². The standard InChI is InChI=1S/C15H24N2O/c1-15(2,3)8-9-18-14-7-6-13(17-11-14)10-16-12-4-5-12/h6-7,11-12,16H,4-5,8-10H2,1-3H3. The maximum atomic E-state index is 5.69. The first-order chi connectivity index (χ1) is 8.53. The van der Waals surface area contributed by atoms with Gasteiger partial charge in [0.2, 0.25) is 0 Å². The number of aromatic nitrogens is 1. The van der Waals surface area contributed by atoms with Crippen molar-refractivity contribution in [3.8, 4) is 5.75 Å². The van der Waals surface area contributed by atoms with Gasteiger partial charge in [0.05, 0.1) is 18.5 Å². The molecular weight excluding hydrogens is 224 g/mol. The van der Waals surface area contributed by atoms with Gasteiger partial charge in [-0.2, -0.15) is 0 Å². The molecule has 1 aromatic rings. The first kappa shape index (κ1) is 13.3. The summed E-state index contributed by atoms with van der Waals surface area (Å²) in [4.78, 5) is 4.41. The second-order valence-electron chi connectivity index (χ2n) is 6.30. The summed E-state index contributed by atoms with van der Waals surface area (Å²) in [6, 6.07) is 4.79. The first-order valence-corrected chi connectivity index (χ1v) is 6.84. The summed E-state index contributed by atoms with van der Waals surface area (Å²) in [5, 5.41) is 3.45. The fraction of sp³-hybridized carbons (Fsp3) is 0.667. The Morgan fingerprint density at radius 1 is 1.33 bits per heavy atom. The summed E-state index contributed by atoms with van der Waals surface area (Å²) in [7, 11) is 0. The minimum absolute atomic E-state index is 0.321. The molecule has 3 heteroatoms. The van der Waals surface area contributed by atoms with Crippen LogP contribution in [0.2, 0.25) is 0 Å². The average Bonchev–Trinajstić information content (AvgIpc) is 3.10. The second-order valence-corrected chi connectivity index (χ2v) is 6.30. The molecule has 0 unspecified atom stereocenters. The van der Waals surface area contributed by atoms with Crippen LogP contribution in [0.4, 0.5) is 0 Å². The summed E-state index contributed by atoms with van der Waals surface area (Å²) >= 11 is 0. The Morgan fingerprint density at radius 2 is 2.11 bits per heavy atom. The van der Waals surface area contributed by atoms with Crippen molar-refractivity contribution in [3.63, 3.8) is 0 Å². The van der Waals surface area contributed by atoms with Crippen molar-refractivity contribution in [3.05, 3.63) is 24.0 Å². The lowest BCUT2D eigenvalue weighted by Crippen LogP contribution is -2.16. The maximum Gasteiger partial charge on any atom is 0.137 e. The molecule has 0 bridgehead atoms. The molecular formula is C15H24N2O. The molecule has 1 aromatic heterocycles. The molecule has 1 fully saturated rings. The molecule has 1 saturated carbocycles. The summed E-state index contributed by atoms with van der Waals surface area (Å²) in [6.07, 6.45) is 5.51. The zero-order valence-corrected chi connectivity index (χ0v) is 11.7. The van der Waals surface area contributed by atoms with E-state index < -0.39 is 0 Å². The van der Waals surface area contributed by atoms with E-state index in [9.17, 15) is 0 Å². The molecule has 1 aliphatic rings. The summed E-state index contributed by atoms with van der Waals surface area (Å²) in [6.45, 7) is 8.29. The molecule has 0 atom stereocenters. The molecule has 18 heavy (non-hydrogen) atoms. The van der Waals surface area contributed by atoms with Gasteiger partial charge in [-0.25, -0.2) is 0 Å². The highest BCUT2D eigenvalue weighted by Crippen LogP contribution is 2.20. The van der Waals surface area contributed by atoms with Gasteiger partial charge in [0.15, 0.2) is 0 Å². The molecule has 0 spiro atoms. The van der Waals surface area contributed by atoms with E-state index >= 15 is 0 Å². The van der Waals surface area contributed by atoms with Crippen molar-refractivity contribution in [2.75, 3.05) is 6.61 Å². The average molecular weight is 248 g/mol. The van der Waals surface area contributed by atoms with Crippen LogP contribution in [0.15, 0.2) is 18.3 Å². The lowest BCUT2D eigenvalue weighted by Gasteiger charge is -2.18. The van der Waals surface area contributed by atoms with Crippen molar-refractivity contribution < 1.29 is 4.74 Å². The Labute approximate surface area is 110 Å². The third-order valence-corrected chi connectivity index (χ3v) is 3.07. The molecule has 1 N–H and O–H groups in total. The van der Waals surface area contributed by atoms with Crippen molar-refractivity contribution >= 4 is 0 Å². The van der Waals surface area contributed by atoms with E-state index in [0.29, 0.717) is 5.41 Å². The van der Waals surface area contributed by atoms with Crippen molar-refractivity contribution in [1.29, 1.82) is 0 Å². The molecule has 0 radical (unpaired) electrons. The number of ether oxygens (including phenoxy) is 1. The lowest BCUT2D eigenvalue weighted by atomic mass is 9.93. The Balaban J connectivity index is 1.72. The quantitative estimate of drug-likeness (QED) is 0.839. The molecule has 0 saturated heterocycles. The highest BCUT2D eigenvalue weighted by atomic mass is 16.5. The molecule has 100 valence electrons. The summed E-state index contributed by atoms with van der Waals surface area (Å²) in [5.74, 6) is 0.870. The van der Waals surface area contributed by atoms with Gasteiger partial charge in [-0.05, 0) is 36.8 Å². The molecule has 0 aromatic carbocycles. The molecule has 0 aliphatic heterocycles. The number of hydrogen-bond acceptors (Lipinski definition) is 3. The number of nitrogens with one attached hydrogen (secondary N) is 1. The zero-order chi connectivity index (χ0) is 13.0. The molecule has 1 heterocycles. The van der Waals surface area contributed by atoms with Crippen LogP contribution < -0.4 is 10.1 Å². The van der Waals surface area contributed by atoms with E-state index in [1.54, 1.807) is 0 Å². The van der Waals surface area contributed by atoms with E-state index in [-0.39, 0.29) is 0 Å². The van der Waals surface area contributed by atoms with Gasteiger partial charge in [0, 0.05) is 12.6 Å². The first-order valence-electron chi connectivity index (χ1n) is 6.84. The van der Waals surface area contributed by atoms with Crippen molar-refractivity contribution in [2.24, 2.45) is 5.41 Å². The van der Waals surface area contributed by atoms with Gasteiger partial charge < -0.3 is 10.1 Å². The molecule has 3 nitrogen and oxygen atoms in total. The SMILES string of the molecule is CC(C)(C)CCOc1ccc(CNC2CC2)nc1. The largest absolute Gasteiger partial charge is 0.492 e. The van der Waals surface area contributed by atoms with Crippen LogP contribution in [-0.2, 0) is 6.54 Å². The van der Waals surface area contributed by atoms with Crippen LogP contribution in [0, 0.1) is 5.41 Å². The van der Waals surface area contributed by atoms with E-state index in [1.165, 1.54) is 12.8 Å². The molecule has 0 amide bonds. The van der Waals surface area contributed by atoms with Gasteiger partial charge in [-0.3, -0.25) is 4.98 Å². The monoisotopic (exact) mass is 248 g/mol. The molecule has 2 rings (SSSR count). The van der Waals surface area contributed by atoms with Crippen LogP contribution in [0.3, 0.4) is 0 Å². The third-order valence-electron chi connectivity index (χ3n) is 3.07. The van der Waals surface area contributed by atoms with Crippen LogP contribution in [0.1, 0.15) is 45.7 Å². The topological polar surface area (TPSA) is 34.1 Å².